The second-order valence-corrected chi connectivity index (χ2v) is 4.72. The lowest BCUT2D eigenvalue weighted by Gasteiger charge is -2.08. The Bertz CT molecular complexity index is 538. The fourth-order valence-corrected chi connectivity index (χ4v) is 1.88. The molecule has 0 radical (unpaired) electrons. The number of carbonyl (C=O) groups is 1. The third-order valence-corrected chi connectivity index (χ3v) is 2.88. The van der Waals surface area contributed by atoms with Crippen molar-refractivity contribution >= 4 is 34.6 Å². The lowest BCUT2D eigenvalue weighted by Crippen LogP contribution is -1.91. The first kappa shape index (κ1) is 11.9. The molecule has 0 aliphatic rings. The van der Waals surface area contributed by atoms with E-state index in [4.69, 9.17) is 10.5 Å². The number of halogens is 1. The summed E-state index contributed by atoms with van der Waals surface area (Å²) in [5, 5.41) is 0. The molecule has 2 N–H and O–H groups in total. The Hall–Kier alpha value is -1.56. The van der Waals surface area contributed by atoms with Crippen molar-refractivity contribution in [3.8, 4) is 11.5 Å². The number of nitrogen functional groups attached to an aromatic ring is 1. The summed E-state index contributed by atoms with van der Waals surface area (Å²) >= 11 is 2.15. The molecular formula is C13H10INO2. The monoisotopic (exact) mass is 339 g/mol. The number of nitrogens with two attached hydrogens (primary N) is 1. The van der Waals surface area contributed by atoms with Crippen LogP contribution in [0.25, 0.3) is 0 Å². The number of carbonyl (C=O) groups excluding carboxylic acids is 1. The van der Waals surface area contributed by atoms with Crippen molar-refractivity contribution in [3.05, 3.63) is 51.6 Å². The first-order chi connectivity index (χ1) is 8.19. The molecule has 4 heteroatoms. The topological polar surface area (TPSA) is 52.3 Å². The quantitative estimate of drug-likeness (QED) is 0.529. The normalized spacial score (nSPS) is 9.94. The van der Waals surface area contributed by atoms with E-state index in [1.165, 1.54) is 0 Å². The van der Waals surface area contributed by atoms with Crippen LogP contribution >= 0.6 is 22.6 Å². The minimum atomic E-state index is 0.536. The number of benzene rings is 2. The van der Waals surface area contributed by atoms with Crippen LogP contribution in [0, 0.1) is 3.57 Å². The number of ether oxygens (including phenoxy) is 1. The Labute approximate surface area is 113 Å². The predicted molar refractivity (Wildman–Crippen MR) is 75.5 cm³/mol. The molecular weight excluding hydrogens is 329 g/mol. The second kappa shape index (κ2) is 5.18. The van der Waals surface area contributed by atoms with Gasteiger partial charge in [-0.3, -0.25) is 4.79 Å². The van der Waals surface area contributed by atoms with E-state index in [9.17, 15) is 4.79 Å². The van der Waals surface area contributed by atoms with Gasteiger partial charge in [0.15, 0.2) is 6.29 Å². The maximum atomic E-state index is 10.9. The van der Waals surface area contributed by atoms with E-state index in [1.807, 2.05) is 6.07 Å². The van der Waals surface area contributed by atoms with Crippen molar-refractivity contribution in [1.82, 2.24) is 0 Å². The number of anilines is 1. The number of aldehydes is 1. The van der Waals surface area contributed by atoms with Crippen molar-refractivity contribution in [3.63, 3.8) is 0 Å². The lowest BCUT2D eigenvalue weighted by molar-refractivity contribution is 0.112. The summed E-state index contributed by atoms with van der Waals surface area (Å²) in [4.78, 5) is 10.9. The van der Waals surface area contributed by atoms with Crippen LogP contribution < -0.4 is 10.5 Å². The summed E-state index contributed by atoms with van der Waals surface area (Å²) in [6.07, 6.45) is 0.787. The van der Waals surface area contributed by atoms with E-state index in [1.54, 1.807) is 36.4 Å². The number of hydrogen-bond donors (Lipinski definition) is 1. The molecule has 2 aromatic carbocycles. The SMILES string of the molecule is Nc1ccc(Oc2ccc(I)cc2C=O)cc1. The minimum absolute atomic E-state index is 0.536. The van der Waals surface area contributed by atoms with Crippen LogP contribution in [0.2, 0.25) is 0 Å². The molecule has 0 atom stereocenters. The zero-order valence-electron chi connectivity index (χ0n) is 8.89. The van der Waals surface area contributed by atoms with Gasteiger partial charge in [-0.15, -0.1) is 0 Å². The van der Waals surface area contributed by atoms with E-state index >= 15 is 0 Å². The van der Waals surface area contributed by atoms with Crippen molar-refractivity contribution in [2.45, 2.75) is 0 Å². The highest BCUT2D eigenvalue weighted by atomic mass is 127. The Balaban J connectivity index is 2.29. The molecule has 0 amide bonds. The average Bonchev–Trinajstić information content (AvgIpc) is 2.34. The van der Waals surface area contributed by atoms with E-state index in [0.717, 1.165) is 9.86 Å². The highest BCUT2D eigenvalue weighted by molar-refractivity contribution is 14.1. The molecule has 0 unspecified atom stereocenters. The Kier molecular flexibility index (Phi) is 3.63. The summed E-state index contributed by atoms with van der Waals surface area (Å²) in [6.45, 7) is 0. The molecule has 0 saturated carbocycles. The standard InChI is InChI=1S/C13H10INO2/c14-10-1-6-13(9(7-10)8-16)17-12-4-2-11(15)3-5-12/h1-8H,15H2. The zero-order valence-corrected chi connectivity index (χ0v) is 11.0. The molecule has 17 heavy (non-hydrogen) atoms. The van der Waals surface area contributed by atoms with Crippen LogP contribution in [0.15, 0.2) is 42.5 Å². The smallest absolute Gasteiger partial charge is 0.153 e. The third kappa shape index (κ3) is 2.97. The molecule has 0 aliphatic heterocycles. The van der Waals surface area contributed by atoms with E-state index in [-0.39, 0.29) is 0 Å². The van der Waals surface area contributed by atoms with Gasteiger partial charge in [0.05, 0.1) is 5.56 Å². The average molecular weight is 339 g/mol. The molecule has 0 heterocycles. The van der Waals surface area contributed by atoms with Gasteiger partial charge in [0.2, 0.25) is 0 Å². The first-order valence-corrected chi connectivity index (χ1v) is 6.05. The van der Waals surface area contributed by atoms with Gasteiger partial charge in [-0.05, 0) is 65.1 Å². The van der Waals surface area contributed by atoms with E-state index in [2.05, 4.69) is 22.6 Å². The molecule has 0 saturated heterocycles. The molecule has 0 spiro atoms. The largest absolute Gasteiger partial charge is 0.457 e. The maximum Gasteiger partial charge on any atom is 0.153 e. The van der Waals surface area contributed by atoms with Crippen LogP contribution in [-0.4, -0.2) is 6.29 Å². The number of rotatable bonds is 3. The van der Waals surface area contributed by atoms with E-state index in [0.29, 0.717) is 22.7 Å². The number of hydrogen-bond acceptors (Lipinski definition) is 3. The molecule has 0 aromatic heterocycles. The maximum absolute atomic E-state index is 10.9. The summed E-state index contributed by atoms with van der Waals surface area (Å²) < 4.78 is 6.62. The van der Waals surface area contributed by atoms with Gasteiger partial charge >= 0.3 is 0 Å². The predicted octanol–water partition coefficient (Wildman–Crippen LogP) is 3.48. The van der Waals surface area contributed by atoms with Gasteiger partial charge < -0.3 is 10.5 Å². The van der Waals surface area contributed by atoms with Crippen LogP contribution in [0.1, 0.15) is 10.4 Å². The van der Waals surface area contributed by atoms with Gasteiger partial charge in [-0.2, -0.15) is 0 Å². The Morgan fingerprint density at radius 2 is 1.82 bits per heavy atom. The van der Waals surface area contributed by atoms with Crippen molar-refractivity contribution in [2.75, 3.05) is 5.73 Å². The van der Waals surface area contributed by atoms with Crippen molar-refractivity contribution in [2.24, 2.45) is 0 Å². The third-order valence-electron chi connectivity index (χ3n) is 2.21. The van der Waals surface area contributed by atoms with Gasteiger partial charge in [0.1, 0.15) is 11.5 Å². The molecule has 2 aromatic rings. The zero-order chi connectivity index (χ0) is 12.3. The minimum Gasteiger partial charge on any atom is -0.457 e. The summed E-state index contributed by atoms with van der Waals surface area (Å²) in [6, 6.07) is 12.5. The molecule has 3 nitrogen and oxygen atoms in total. The van der Waals surface area contributed by atoms with Gasteiger partial charge in [0, 0.05) is 9.26 Å². The summed E-state index contributed by atoms with van der Waals surface area (Å²) in [5.41, 5.74) is 6.80. The van der Waals surface area contributed by atoms with Crippen LogP contribution in [0.3, 0.4) is 0 Å². The second-order valence-electron chi connectivity index (χ2n) is 3.47. The molecule has 0 fully saturated rings. The Morgan fingerprint density at radius 3 is 2.47 bits per heavy atom. The first-order valence-electron chi connectivity index (χ1n) is 4.97. The van der Waals surface area contributed by atoms with Gasteiger partial charge in [-0.25, -0.2) is 0 Å². The van der Waals surface area contributed by atoms with Gasteiger partial charge in [-0.1, -0.05) is 0 Å². The van der Waals surface area contributed by atoms with Crippen LogP contribution in [0.4, 0.5) is 5.69 Å². The Morgan fingerprint density at radius 1 is 1.12 bits per heavy atom. The fourth-order valence-electron chi connectivity index (χ4n) is 1.37. The van der Waals surface area contributed by atoms with Crippen LogP contribution in [-0.2, 0) is 0 Å². The molecule has 0 bridgehead atoms. The van der Waals surface area contributed by atoms with Crippen molar-refractivity contribution < 1.29 is 9.53 Å². The molecule has 2 rings (SSSR count). The molecule has 0 aliphatic carbocycles. The summed E-state index contributed by atoms with van der Waals surface area (Å²) in [7, 11) is 0. The highest BCUT2D eigenvalue weighted by Gasteiger charge is 2.04. The van der Waals surface area contributed by atoms with Gasteiger partial charge in [0.25, 0.3) is 0 Å². The summed E-state index contributed by atoms with van der Waals surface area (Å²) in [5.74, 6) is 1.20. The van der Waals surface area contributed by atoms with Crippen molar-refractivity contribution in [1.29, 1.82) is 0 Å². The molecule has 86 valence electrons. The lowest BCUT2D eigenvalue weighted by atomic mass is 10.2. The van der Waals surface area contributed by atoms with E-state index < -0.39 is 0 Å². The van der Waals surface area contributed by atoms with Crippen LogP contribution in [0.5, 0.6) is 11.5 Å². The fraction of sp³-hybridized carbons (Fsp3) is 0. The highest BCUT2D eigenvalue weighted by Crippen LogP contribution is 2.26.